The maximum atomic E-state index is 12.2. The van der Waals surface area contributed by atoms with E-state index in [1.807, 2.05) is 30.3 Å². The molecule has 1 aromatic carbocycles. The molecule has 0 saturated carbocycles. The van der Waals surface area contributed by atoms with Crippen molar-refractivity contribution in [2.45, 2.75) is 19.1 Å². The van der Waals surface area contributed by atoms with Crippen molar-refractivity contribution >= 4 is 21.8 Å². The summed E-state index contributed by atoms with van der Waals surface area (Å²) in [5.41, 5.74) is 1.06. The third-order valence-electron chi connectivity index (χ3n) is 3.70. The van der Waals surface area contributed by atoms with E-state index in [-0.39, 0.29) is 18.6 Å². The van der Waals surface area contributed by atoms with Gasteiger partial charge in [0.25, 0.3) is 0 Å². The van der Waals surface area contributed by atoms with Crippen molar-refractivity contribution in [2.24, 2.45) is 0 Å². The fourth-order valence-corrected chi connectivity index (χ4v) is 2.69. The van der Waals surface area contributed by atoms with Crippen molar-refractivity contribution in [3.8, 4) is 6.01 Å². The molecule has 2 heterocycles. The molecule has 126 valence electrons. The Morgan fingerprint density at radius 2 is 2.00 bits per heavy atom. The van der Waals surface area contributed by atoms with E-state index in [1.54, 1.807) is 17.3 Å². The smallest absolute Gasteiger partial charge is 0.316 e. The highest BCUT2D eigenvalue weighted by Gasteiger charge is 2.28. The summed E-state index contributed by atoms with van der Waals surface area (Å²) in [4.78, 5) is 22.1. The molecule has 3 rings (SSSR count). The molecule has 2 aromatic rings. The van der Waals surface area contributed by atoms with E-state index in [4.69, 9.17) is 9.47 Å². The highest BCUT2D eigenvalue weighted by atomic mass is 79.9. The van der Waals surface area contributed by atoms with Crippen LogP contribution in [-0.2, 0) is 16.1 Å². The van der Waals surface area contributed by atoms with Gasteiger partial charge in [-0.15, -0.1) is 0 Å². The summed E-state index contributed by atoms with van der Waals surface area (Å²) in [5, 5.41) is 0. The van der Waals surface area contributed by atoms with E-state index in [1.165, 1.54) is 0 Å². The summed E-state index contributed by atoms with van der Waals surface area (Å²) in [5.74, 6) is -0.0197. The Labute approximate surface area is 148 Å². The molecule has 1 aromatic heterocycles. The van der Waals surface area contributed by atoms with Crippen molar-refractivity contribution in [2.75, 3.05) is 19.7 Å². The van der Waals surface area contributed by atoms with Gasteiger partial charge in [-0.2, -0.15) is 0 Å². The fourth-order valence-electron chi connectivity index (χ4n) is 2.48. The molecule has 1 amide bonds. The number of carbonyl (C=O) groups excluding carboxylic acids is 1. The highest BCUT2D eigenvalue weighted by Crippen LogP contribution is 2.16. The van der Waals surface area contributed by atoms with Gasteiger partial charge in [-0.25, -0.2) is 9.97 Å². The molecule has 1 fully saturated rings. The van der Waals surface area contributed by atoms with Gasteiger partial charge >= 0.3 is 6.01 Å². The Balaban J connectivity index is 1.41. The number of rotatable bonds is 6. The highest BCUT2D eigenvalue weighted by molar-refractivity contribution is 9.10. The minimum absolute atomic E-state index is 0.0197. The lowest BCUT2D eigenvalue weighted by atomic mass is 10.2. The lowest BCUT2D eigenvalue weighted by Crippen LogP contribution is -2.33. The minimum Gasteiger partial charge on any atom is -0.458 e. The zero-order valence-electron chi connectivity index (χ0n) is 13.1. The van der Waals surface area contributed by atoms with E-state index in [9.17, 15) is 4.79 Å². The summed E-state index contributed by atoms with van der Waals surface area (Å²) >= 11 is 3.28. The SMILES string of the molecule is O=C(COCc1ccccc1)N1CCC(Oc2ncc(Br)cn2)C1. The minimum atomic E-state index is -0.0794. The van der Waals surface area contributed by atoms with Crippen LogP contribution < -0.4 is 4.74 Å². The van der Waals surface area contributed by atoms with Crippen molar-refractivity contribution in [3.05, 3.63) is 52.8 Å². The standard InChI is InChI=1S/C17H18BrN3O3/c18-14-8-19-17(20-9-14)24-15-6-7-21(10-15)16(22)12-23-11-13-4-2-1-3-5-13/h1-5,8-9,15H,6-7,10-12H2. The van der Waals surface area contributed by atoms with Crippen LogP contribution in [0.25, 0.3) is 0 Å². The Bertz CT molecular complexity index is 667. The van der Waals surface area contributed by atoms with E-state index < -0.39 is 0 Å². The molecular weight excluding hydrogens is 374 g/mol. The summed E-state index contributed by atoms with van der Waals surface area (Å²) in [7, 11) is 0. The first-order valence-corrected chi connectivity index (χ1v) is 8.53. The number of benzene rings is 1. The third-order valence-corrected chi connectivity index (χ3v) is 4.11. The van der Waals surface area contributed by atoms with Gasteiger partial charge < -0.3 is 14.4 Å². The summed E-state index contributed by atoms with van der Waals surface area (Å²) in [6, 6.07) is 10.1. The van der Waals surface area contributed by atoms with Crippen molar-refractivity contribution in [1.29, 1.82) is 0 Å². The fraction of sp³-hybridized carbons (Fsp3) is 0.353. The first-order valence-electron chi connectivity index (χ1n) is 7.74. The van der Waals surface area contributed by atoms with Gasteiger partial charge in [0.15, 0.2) is 0 Å². The molecule has 1 saturated heterocycles. The van der Waals surface area contributed by atoms with Gasteiger partial charge in [-0.05, 0) is 21.5 Å². The lowest BCUT2D eigenvalue weighted by Gasteiger charge is -2.16. The third kappa shape index (κ3) is 4.75. The topological polar surface area (TPSA) is 64.5 Å². The summed E-state index contributed by atoms with van der Waals surface area (Å²) < 4.78 is 12.0. The van der Waals surface area contributed by atoms with E-state index in [0.717, 1.165) is 16.5 Å². The van der Waals surface area contributed by atoms with Crippen molar-refractivity contribution in [3.63, 3.8) is 0 Å². The predicted molar refractivity (Wildman–Crippen MR) is 91.4 cm³/mol. The molecule has 24 heavy (non-hydrogen) atoms. The summed E-state index contributed by atoms with van der Waals surface area (Å²) in [6.45, 7) is 1.71. The quantitative estimate of drug-likeness (QED) is 0.756. The van der Waals surface area contributed by atoms with E-state index in [2.05, 4.69) is 25.9 Å². The largest absolute Gasteiger partial charge is 0.458 e. The Hall–Kier alpha value is -1.99. The molecule has 1 aliphatic rings. The van der Waals surface area contributed by atoms with Gasteiger partial charge in [-0.3, -0.25) is 4.79 Å². The van der Waals surface area contributed by atoms with Gasteiger partial charge in [0.05, 0.1) is 17.6 Å². The van der Waals surface area contributed by atoms with E-state index in [0.29, 0.717) is 25.7 Å². The Morgan fingerprint density at radius 1 is 1.25 bits per heavy atom. The number of hydrogen-bond acceptors (Lipinski definition) is 5. The van der Waals surface area contributed by atoms with Gasteiger partial charge in [-0.1, -0.05) is 30.3 Å². The van der Waals surface area contributed by atoms with Crippen LogP contribution in [0.4, 0.5) is 0 Å². The number of ether oxygens (including phenoxy) is 2. The maximum Gasteiger partial charge on any atom is 0.316 e. The lowest BCUT2D eigenvalue weighted by molar-refractivity contribution is -0.135. The number of aromatic nitrogens is 2. The zero-order valence-corrected chi connectivity index (χ0v) is 14.7. The Kier molecular flexibility index (Phi) is 5.77. The molecule has 0 N–H and O–H groups in total. The molecule has 0 radical (unpaired) electrons. The monoisotopic (exact) mass is 391 g/mol. The molecule has 6 nitrogen and oxygen atoms in total. The van der Waals surface area contributed by atoms with Crippen LogP contribution in [0.2, 0.25) is 0 Å². The molecule has 7 heteroatoms. The van der Waals surface area contributed by atoms with Gasteiger partial charge in [0.1, 0.15) is 12.7 Å². The molecular formula is C17H18BrN3O3. The second kappa shape index (κ2) is 8.21. The molecule has 0 spiro atoms. The second-order valence-corrected chi connectivity index (χ2v) is 6.45. The Morgan fingerprint density at radius 3 is 2.75 bits per heavy atom. The average molecular weight is 392 g/mol. The number of amides is 1. The molecule has 0 bridgehead atoms. The van der Waals surface area contributed by atoms with Crippen LogP contribution in [0.1, 0.15) is 12.0 Å². The number of hydrogen-bond donors (Lipinski definition) is 0. The number of halogens is 1. The normalized spacial score (nSPS) is 17.0. The molecule has 0 aliphatic carbocycles. The molecule has 1 aliphatic heterocycles. The molecule has 1 atom stereocenters. The van der Waals surface area contributed by atoms with Gasteiger partial charge in [0, 0.05) is 25.4 Å². The van der Waals surface area contributed by atoms with Crippen LogP contribution in [0.3, 0.4) is 0 Å². The number of carbonyl (C=O) groups is 1. The van der Waals surface area contributed by atoms with Crippen molar-refractivity contribution < 1.29 is 14.3 Å². The first-order chi connectivity index (χ1) is 11.7. The van der Waals surface area contributed by atoms with Gasteiger partial charge in [0.2, 0.25) is 5.91 Å². The maximum absolute atomic E-state index is 12.2. The number of nitrogens with zero attached hydrogens (tertiary/aromatic N) is 3. The van der Waals surface area contributed by atoms with Crippen LogP contribution in [0.15, 0.2) is 47.2 Å². The van der Waals surface area contributed by atoms with E-state index >= 15 is 0 Å². The number of likely N-dealkylation sites (tertiary alicyclic amines) is 1. The second-order valence-electron chi connectivity index (χ2n) is 5.53. The van der Waals surface area contributed by atoms with Crippen molar-refractivity contribution in [1.82, 2.24) is 14.9 Å². The average Bonchev–Trinajstić information content (AvgIpc) is 3.06. The van der Waals surface area contributed by atoms with Crippen LogP contribution in [0, 0.1) is 0 Å². The predicted octanol–water partition coefficient (Wildman–Crippen LogP) is 2.44. The molecule has 1 unspecified atom stereocenters. The first kappa shape index (κ1) is 16.9. The van der Waals surface area contributed by atoms with Crippen LogP contribution in [0.5, 0.6) is 6.01 Å². The van der Waals surface area contributed by atoms with Crippen LogP contribution >= 0.6 is 15.9 Å². The summed E-state index contributed by atoms with van der Waals surface area (Å²) in [6.07, 6.45) is 3.96. The van der Waals surface area contributed by atoms with Crippen LogP contribution in [-0.4, -0.2) is 46.6 Å². The zero-order chi connectivity index (χ0) is 16.8.